The maximum Gasteiger partial charge on any atom is 0.256 e. The van der Waals surface area contributed by atoms with Crippen LogP contribution in [0.1, 0.15) is 26.3 Å². The molecule has 4 N–H and O–H groups in total. The van der Waals surface area contributed by atoms with Crippen molar-refractivity contribution in [2.45, 2.75) is 6.92 Å². The van der Waals surface area contributed by atoms with E-state index < -0.39 is 0 Å². The number of nitrogens with two attached hydrogens (primary N) is 1. The van der Waals surface area contributed by atoms with E-state index in [1.54, 1.807) is 30.3 Å². The molecule has 0 spiro atoms. The van der Waals surface area contributed by atoms with Crippen molar-refractivity contribution in [2.75, 3.05) is 16.4 Å². The Kier molecular flexibility index (Phi) is 5.65. The number of rotatable bonds is 4. The quantitative estimate of drug-likeness (QED) is 0.503. The van der Waals surface area contributed by atoms with E-state index in [1.807, 2.05) is 19.1 Å². The smallest absolute Gasteiger partial charge is 0.256 e. The highest BCUT2D eigenvalue weighted by molar-refractivity contribution is 14.1. The van der Waals surface area contributed by atoms with Crippen LogP contribution in [-0.2, 0) is 0 Å². The van der Waals surface area contributed by atoms with Gasteiger partial charge in [-0.3, -0.25) is 9.59 Å². The van der Waals surface area contributed by atoms with Crippen molar-refractivity contribution in [1.82, 2.24) is 9.97 Å². The van der Waals surface area contributed by atoms with Gasteiger partial charge in [0.1, 0.15) is 0 Å². The molecule has 0 aliphatic carbocycles. The van der Waals surface area contributed by atoms with Crippen molar-refractivity contribution < 1.29 is 9.59 Å². The highest BCUT2D eigenvalue weighted by Crippen LogP contribution is 2.18. The third kappa shape index (κ3) is 4.79. The Hall–Kier alpha value is -3.01. The number of hydrogen-bond acceptors (Lipinski definition) is 5. The number of anilines is 3. The Labute approximate surface area is 169 Å². The second kappa shape index (κ2) is 8.12. The summed E-state index contributed by atoms with van der Waals surface area (Å²) in [6.45, 7) is 1.82. The molecular weight excluding hydrogens is 457 g/mol. The molecule has 2 aromatic carbocycles. The lowest BCUT2D eigenvalue weighted by atomic mass is 10.1. The summed E-state index contributed by atoms with van der Waals surface area (Å²) in [5, 5.41) is 5.53. The van der Waals surface area contributed by atoms with Crippen LogP contribution < -0.4 is 16.4 Å². The minimum atomic E-state index is -0.328. The number of nitrogens with one attached hydrogen (secondary N) is 2. The van der Waals surface area contributed by atoms with E-state index in [0.717, 1.165) is 9.13 Å². The molecule has 1 aromatic heterocycles. The normalized spacial score (nSPS) is 10.3. The van der Waals surface area contributed by atoms with Crippen LogP contribution in [0.5, 0.6) is 0 Å². The van der Waals surface area contributed by atoms with E-state index in [1.165, 1.54) is 12.4 Å². The number of carbonyl (C=O) groups excluding carboxylic acids is 2. The molecule has 0 saturated heterocycles. The van der Waals surface area contributed by atoms with Gasteiger partial charge in [-0.15, -0.1) is 0 Å². The van der Waals surface area contributed by atoms with E-state index in [-0.39, 0.29) is 17.8 Å². The average molecular weight is 473 g/mol. The standard InChI is InChI=1S/C19H16IN5O2/c1-11-5-6-14(24-17(26)12-3-2-4-13(20)7-12)8-16(11)18(27)25-15-9-22-19(21)23-10-15/h2-10H,1H3,(H,24,26)(H,25,27)(H2,21,22,23). The molecule has 0 saturated carbocycles. The molecule has 8 heteroatoms. The molecule has 0 bridgehead atoms. The minimum absolute atomic E-state index is 0.129. The summed E-state index contributed by atoms with van der Waals surface area (Å²) in [5.41, 5.74) is 8.16. The molecule has 1 heterocycles. The van der Waals surface area contributed by atoms with Gasteiger partial charge in [0.05, 0.1) is 18.1 Å². The van der Waals surface area contributed by atoms with Gasteiger partial charge in [0, 0.05) is 20.4 Å². The summed E-state index contributed by atoms with van der Waals surface area (Å²) < 4.78 is 0.968. The largest absolute Gasteiger partial charge is 0.368 e. The second-order valence-electron chi connectivity index (χ2n) is 5.78. The first-order valence-corrected chi connectivity index (χ1v) is 9.07. The molecule has 0 unspecified atom stereocenters. The van der Waals surface area contributed by atoms with Crippen molar-refractivity contribution >= 4 is 51.7 Å². The third-order valence-corrected chi connectivity index (χ3v) is 4.43. The van der Waals surface area contributed by atoms with Crippen LogP contribution in [0.4, 0.5) is 17.3 Å². The number of hydrogen-bond donors (Lipinski definition) is 3. The summed E-state index contributed by atoms with van der Waals surface area (Å²) in [4.78, 5) is 32.7. The van der Waals surface area contributed by atoms with Gasteiger partial charge in [0.15, 0.2) is 0 Å². The monoisotopic (exact) mass is 473 g/mol. The summed E-state index contributed by atoms with van der Waals surface area (Å²) in [7, 11) is 0. The van der Waals surface area contributed by atoms with E-state index in [9.17, 15) is 9.59 Å². The predicted octanol–water partition coefficient (Wildman–Crippen LogP) is 3.48. The topological polar surface area (TPSA) is 110 Å². The Morgan fingerprint density at radius 1 is 0.963 bits per heavy atom. The maximum atomic E-state index is 12.6. The van der Waals surface area contributed by atoms with Crippen LogP contribution in [-0.4, -0.2) is 21.8 Å². The van der Waals surface area contributed by atoms with E-state index >= 15 is 0 Å². The summed E-state index contributed by atoms with van der Waals surface area (Å²) in [6.07, 6.45) is 2.86. The van der Waals surface area contributed by atoms with Crippen LogP contribution >= 0.6 is 22.6 Å². The van der Waals surface area contributed by atoms with Gasteiger partial charge in [-0.1, -0.05) is 12.1 Å². The Bertz CT molecular complexity index is 1010. The lowest BCUT2D eigenvalue weighted by molar-refractivity contribution is 0.101. The van der Waals surface area contributed by atoms with Crippen LogP contribution in [0.2, 0.25) is 0 Å². The lowest BCUT2D eigenvalue weighted by Gasteiger charge is -2.11. The number of carbonyl (C=O) groups is 2. The zero-order valence-electron chi connectivity index (χ0n) is 14.4. The molecule has 2 amide bonds. The van der Waals surface area contributed by atoms with Crippen LogP contribution in [0.25, 0.3) is 0 Å². The van der Waals surface area contributed by atoms with Gasteiger partial charge in [-0.05, 0) is 65.4 Å². The van der Waals surface area contributed by atoms with Crippen molar-refractivity contribution in [3.8, 4) is 0 Å². The zero-order valence-corrected chi connectivity index (χ0v) is 16.5. The van der Waals surface area contributed by atoms with Gasteiger partial charge < -0.3 is 16.4 Å². The van der Waals surface area contributed by atoms with Gasteiger partial charge in [0.2, 0.25) is 5.95 Å². The first kappa shape index (κ1) is 18.8. The number of amides is 2. The fourth-order valence-electron chi connectivity index (χ4n) is 2.38. The number of halogens is 1. The van der Waals surface area contributed by atoms with Crippen molar-refractivity contribution in [3.05, 3.63) is 75.1 Å². The van der Waals surface area contributed by atoms with Crippen molar-refractivity contribution in [3.63, 3.8) is 0 Å². The highest BCUT2D eigenvalue weighted by atomic mass is 127. The predicted molar refractivity (Wildman–Crippen MR) is 113 cm³/mol. The van der Waals surface area contributed by atoms with E-state index in [2.05, 4.69) is 43.2 Å². The SMILES string of the molecule is Cc1ccc(NC(=O)c2cccc(I)c2)cc1C(=O)Nc1cnc(N)nc1. The number of nitrogen functional groups attached to an aromatic ring is 1. The van der Waals surface area contributed by atoms with Crippen LogP contribution in [0, 0.1) is 10.5 Å². The third-order valence-electron chi connectivity index (χ3n) is 3.76. The van der Waals surface area contributed by atoms with Crippen LogP contribution in [0.3, 0.4) is 0 Å². The number of aryl methyl sites for hydroxylation is 1. The van der Waals surface area contributed by atoms with E-state index in [4.69, 9.17) is 5.73 Å². The highest BCUT2D eigenvalue weighted by Gasteiger charge is 2.13. The lowest BCUT2D eigenvalue weighted by Crippen LogP contribution is -2.16. The fourth-order valence-corrected chi connectivity index (χ4v) is 2.92. The molecule has 0 fully saturated rings. The molecule has 3 rings (SSSR count). The molecule has 0 aliphatic heterocycles. The number of aromatic nitrogens is 2. The summed E-state index contributed by atoms with van der Waals surface area (Å²) in [5.74, 6) is -0.439. The van der Waals surface area contributed by atoms with Crippen molar-refractivity contribution in [1.29, 1.82) is 0 Å². The Morgan fingerprint density at radius 3 is 2.37 bits per heavy atom. The van der Waals surface area contributed by atoms with Crippen LogP contribution in [0.15, 0.2) is 54.9 Å². The summed E-state index contributed by atoms with van der Waals surface area (Å²) in [6, 6.07) is 12.4. The van der Waals surface area contributed by atoms with Crippen molar-refractivity contribution in [2.24, 2.45) is 0 Å². The minimum Gasteiger partial charge on any atom is -0.368 e. The van der Waals surface area contributed by atoms with Gasteiger partial charge >= 0.3 is 0 Å². The molecule has 27 heavy (non-hydrogen) atoms. The molecule has 0 radical (unpaired) electrons. The fraction of sp³-hybridized carbons (Fsp3) is 0.0526. The average Bonchev–Trinajstić information content (AvgIpc) is 2.65. The summed E-state index contributed by atoms with van der Waals surface area (Å²) >= 11 is 2.15. The van der Waals surface area contributed by atoms with Gasteiger partial charge in [-0.2, -0.15) is 0 Å². The Morgan fingerprint density at radius 2 is 1.67 bits per heavy atom. The number of nitrogens with zero attached hydrogens (tertiary/aromatic N) is 2. The zero-order chi connectivity index (χ0) is 19.4. The first-order chi connectivity index (χ1) is 12.9. The molecule has 3 aromatic rings. The Balaban J connectivity index is 1.78. The molecular formula is C19H16IN5O2. The molecule has 136 valence electrons. The second-order valence-corrected chi connectivity index (χ2v) is 7.02. The van der Waals surface area contributed by atoms with Gasteiger partial charge in [-0.25, -0.2) is 9.97 Å². The maximum absolute atomic E-state index is 12.6. The molecule has 0 aliphatic rings. The first-order valence-electron chi connectivity index (χ1n) is 7.99. The number of benzene rings is 2. The molecule has 0 atom stereocenters. The van der Waals surface area contributed by atoms with E-state index in [0.29, 0.717) is 22.5 Å². The van der Waals surface area contributed by atoms with Gasteiger partial charge in [0.25, 0.3) is 11.8 Å². The molecule has 7 nitrogen and oxygen atoms in total.